The van der Waals surface area contributed by atoms with Gasteiger partial charge in [-0.15, -0.1) is 0 Å². The summed E-state index contributed by atoms with van der Waals surface area (Å²) in [4.78, 5) is 86.8. The lowest BCUT2D eigenvalue weighted by molar-refractivity contribution is 0.0467. The monoisotopic (exact) mass is 1240 g/mol. The normalized spacial score (nSPS) is 16.8. The van der Waals surface area contributed by atoms with Crippen molar-refractivity contribution in [2.45, 2.75) is 162 Å². The van der Waals surface area contributed by atoms with Crippen LogP contribution in [0, 0.1) is 0 Å². The zero-order valence-electron chi connectivity index (χ0n) is 53.4. The highest BCUT2D eigenvalue weighted by Gasteiger charge is 2.39. The van der Waals surface area contributed by atoms with E-state index < -0.39 is 76.9 Å². The van der Waals surface area contributed by atoms with Gasteiger partial charge in [-0.05, 0) is 137 Å². The number of alkyl carbamates (subject to hydrolysis) is 4. The first kappa shape index (κ1) is 66.4. The quantitative estimate of drug-likeness (QED) is 0.0388. The fourth-order valence-electron chi connectivity index (χ4n) is 9.80. The first-order valence-electron chi connectivity index (χ1n) is 30.1. The Labute approximate surface area is 526 Å². The van der Waals surface area contributed by atoms with E-state index in [1.807, 2.05) is 101 Å². The molecular weight excluding hydrogens is 1150 g/mol. The second kappa shape index (κ2) is 29.2. The lowest BCUT2D eigenvalue weighted by atomic mass is 10.0. The van der Waals surface area contributed by atoms with Crippen LogP contribution < -0.4 is 55.9 Å². The number of carbonyl (C=O) groups is 5. The molecule has 23 heteroatoms. The maximum absolute atomic E-state index is 14.6. The van der Waals surface area contributed by atoms with Crippen molar-refractivity contribution >= 4 is 59.5 Å². The summed E-state index contributed by atoms with van der Waals surface area (Å²) in [7, 11) is 0. The molecule has 0 aliphatic carbocycles. The fourth-order valence-corrected chi connectivity index (χ4v) is 9.80. The van der Waals surface area contributed by atoms with E-state index in [0.717, 1.165) is 16.7 Å². The van der Waals surface area contributed by atoms with Crippen molar-refractivity contribution < 1.29 is 57.1 Å². The molecule has 0 bridgehead atoms. The average Bonchev–Trinajstić information content (AvgIpc) is 2.08. The lowest BCUT2D eigenvalue weighted by Gasteiger charge is -2.39. The predicted molar refractivity (Wildman–Crippen MR) is 343 cm³/mol. The number of aromatic nitrogens is 3. The third-order valence-corrected chi connectivity index (χ3v) is 13.5. The van der Waals surface area contributed by atoms with E-state index in [1.165, 1.54) is 0 Å². The number of anilines is 5. The van der Waals surface area contributed by atoms with Crippen LogP contribution in [0.4, 0.5) is 48.4 Å². The Bertz CT molecular complexity index is 3370. The maximum atomic E-state index is 14.6. The number of amides is 5. The van der Waals surface area contributed by atoms with Gasteiger partial charge in [-0.2, -0.15) is 15.0 Å². The van der Waals surface area contributed by atoms with Crippen LogP contribution in [-0.4, -0.2) is 118 Å². The molecule has 0 unspecified atom stereocenters. The Morgan fingerprint density at radius 3 is 1.47 bits per heavy atom. The van der Waals surface area contributed by atoms with Crippen LogP contribution >= 0.6 is 0 Å². The molecule has 4 atom stereocenters. The zero-order valence-corrected chi connectivity index (χ0v) is 53.4. The molecule has 6 aromatic rings. The molecule has 23 nitrogen and oxygen atoms in total. The molecular formula is C67H85N11O12. The van der Waals surface area contributed by atoms with Gasteiger partial charge in [0.15, 0.2) is 0 Å². The van der Waals surface area contributed by atoms with Crippen LogP contribution in [0.5, 0.6) is 17.2 Å². The average molecular weight is 1240 g/mol. The Kier molecular flexibility index (Phi) is 21.5. The molecule has 5 amide bonds. The van der Waals surface area contributed by atoms with Gasteiger partial charge >= 0.3 is 24.4 Å². The number of hydrogen-bond acceptors (Lipinski definition) is 18. The van der Waals surface area contributed by atoms with E-state index in [0.29, 0.717) is 42.3 Å². The summed E-state index contributed by atoms with van der Waals surface area (Å²) >= 11 is 0. The fraction of sp³-hybridized carbons (Fsp3) is 0.433. The van der Waals surface area contributed by atoms with E-state index in [1.54, 1.807) is 119 Å². The van der Waals surface area contributed by atoms with E-state index >= 15 is 0 Å². The summed E-state index contributed by atoms with van der Waals surface area (Å²) in [6.07, 6.45) is -1.97. The molecule has 480 valence electrons. The van der Waals surface area contributed by atoms with Crippen LogP contribution in [-0.2, 0) is 38.8 Å². The van der Waals surface area contributed by atoms with Crippen LogP contribution in [0.15, 0.2) is 127 Å². The number of ether oxygens (including phenoxy) is 7. The van der Waals surface area contributed by atoms with Gasteiger partial charge in [0, 0.05) is 44.0 Å². The molecule has 2 saturated heterocycles. The molecule has 0 saturated carbocycles. The summed E-state index contributed by atoms with van der Waals surface area (Å²) in [5.41, 5.74) is 0.577. The van der Waals surface area contributed by atoms with Crippen molar-refractivity contribution in [3.63, 3.8) is 0 Å². The first-order chi connectivity index (χ1) is 42.5. The van der Waals surface area contributed by atoms with E-state index in [2.05, 4.69) is 31.9 Å². The molecule has 6 N–H and O–H groups in total. The zero-order chi connectivity index (χ0) is 64.8. The summed E-state index contributed by atoms with van der Waals surface area (Å²) in [5.74, 6) is 0.958. The molecule has 2 aliphatic rings. The van der Waals surface area contributed by atoms with Crippen molar-refractivity contribution in [3.05, 3.63) is 150 Å². The molecule has 0 radical (unpaired) electrons. The highest BCUT2D eigenvalue weighted by molar-refractivity contribution is 6.07. The molecule has 2 aliphatic heterocycles. The molecule has 2 fully saturated rings. The third kappa shape index (κ3) is 21.4. The Hall–Kier alpha value is -9.54. The number of rotatable bonds is 20. The third-order valence-electron chi connectivity index (χ3n) is 13.5. The molecule has 1 aromatic heterocycles. The predicted octanol–water partition coefficient (Wildman–Crippen LogP) is 11.6. The van der Waals surface area contributed by atoms with Gasteiger partial charge < -0.3 is 74.9 Å². The topological polar surface area (TPSA) is 267 Å². The summed E-state index contributed by atoms with van der Waals surface area (Å²) < 4.78 is 41.7. The number of hydrogen-bond donors (Lipinski definition) is 6. The summed E-state index contributed by atoms with van der Waals surface area (Å²) in [6.45, 7) is 22.4. The Morgan fingerprint density at radius 1 is 0.489 bits per heavy atom. The molecule has 8 rings (SSSR count). The van der Waals surface area contributed by atoms with Crippen LogP contribution in [0.3, 0.4) is 0 Å². The largest absolute Gasteiger partial charge is 0.489 e. The highest BCUT2D eigenvalue weighted by Crippen LogP contribution is 2.35. The Morgan fingerprint density at radius 2 is 0.956 bits per heavy atom. The maximum Gasteiger partial charge on any atom is 0.407 e. The SMILES string of the molecule is CC(C)(C)OC(=O)NC[C@@H]1C[C@H](NC(=O)OC(C)(C)C)CN1c1nc(Nc2ccc(NC(=O)c3ccc(OCc4ccccc4)cc3OCc3ccccc3)c(OCc3ccccc3)c2)nc(N2C[C@H](NC(=O)OC(C)(C)C)C[C@H](NC(=O)OC(C)(C)C)C2)n1. The standard InChI is InChI=1S/C67H85N11O12/c1-64(2,3)87-60(80)68-36-50-33-49(72-63(83)90-67(10,11)12)39-78(50)59-75-57(74-58(76-59)77-37-47(70-61(81)88-65(4,5)6)32-48(38-77)71-62(82)89-66(7,8)9)69-46-28-31-53(55(34-46)86-42-45-26-20-15-21-27-45)73-56(79)52-30-29-51(84-40-43-22-16-13-17-23-43)35-54(52)85-41-44-24-18-14-19-25-44/h13-31,34-35,47-50H,32-33,36-42H2,1-12H3,(H,68,80)(H,70,81)(H,71,82)(H,72,83)(H,73,79)(H,69,74,75,76)/t47-,48+,49-,50-/m0/s1. The first-order valence-corrected chi connectivity index (χ1v) is 30.1. The number of nitrogens with one attached hydrogen (secondary N) is 6. The minimum absolute atomic E-state index is 0.0526. The number of benzene rings is 5. The molecule has 0 spiro atoms. The van der Waals surface area contributed by atoms with Gasteiger partial charge in [-0.3, -0.25) is 4.79 Å². The van der Waals surface area contributed by atoms with Crippen LogP contribution in [0.1, 0.15) is 123 Å². The van der Waals surface area contributed by atoms with Gasteiger partial charge in [0.05, 0.1) is 35.4 Å². The van der Waals surface area contributed by atoms with Crippen molar-refractivity contribution in [1.29, 1.82) is 0 Å². The van der Waals surface area contributed by atoms with Crippen LogP contribution in [0.25, 0.3) is 0 Å². The van der Waals surface area contributed by atoms with E-state index in [4.69, 9.17) is 48.1 Å². The van der Waals surface area contributed by atoms with Crippen LogP contribution in [0.2, 0.25) is 0 Å². The van der Waals surface area contributed by atoms with Gasteiger partial charge in [-0.25, -0.2) is 19.2 Å². The summed E-state index contributed by atoms with van der Waals surface area (Å²) in [5, 5.41) is 18.3. The van der Waals surface area contributed by atoms with Gasteiger partial charge in [0.25, 0.3) is 5.91 Å². The number of piperidine rings is 1. The minimum atomic E-state index is -0.806. The van der Waals surface area contributed by atoms with E-state index in [-0.39, 0.29) is 68.6 Å². The second-order valence-electron chi connectivity index (χ2n) is 26.1. The smallest absolute Gasteiger partial charge is 0.407 e. The molecule has 5 aromatic carbocycles. The van der Waals surface area contributed by atoms with Crippen molar-refractivity contribution in [2.24, 2.45) is 0 Å². The van der Waals surface area contributed by atoms with E-state index in [9.17, 15) is 24.0 Å². The molecule has 3 heterocycles. The number of carbonyl (C=O) groups excluding carboxylic acids is 5. The van der Waals surface area contributed by atoms with Gasteiger partial charge in [0.2, 0.25) is 17.8 Å². The lowest BCUT2D eigenvalue weighted by Crippen LogP contribution is -2.58. The van der Waals surface area contributed by atoms with Crippen molar-refractivity contribution in [2.75, 3.05) is 46.6 Å². The van der Waals surface area contributed by atoms with Gasteiger partial charge in [-0.1, -0.05) is 91.0 Å². The second-order valence-corrected chi connectivity index (χ2v) is 26.1. The number of nitrogens with zero attached hydrogens (tertiary/aromatic N) is 5. The highest BCUT2D eigenvalue weighted by atomic mass is 16.6. The van der Waals surface area contributed by atoms with Crippen molar-refractivity contribution in [3.8, 4) is 17.2 Å². The Balaban J connectivity index is 1.17. The minimum Gasteiger partial charge on any atom is -0.489 e. The molecule has 90 heavy (non-hydrogen) atoms. The van der Waals surface area contributed by atoms with Gasteiger partial charge in [0.1, 0.15) is 59.5 Å². The summed E-state index contributed by atoms with van der Waals surface area (Å²) in [6, 6.07) is 37.0. The van der Waals surface area contributed by atoms with Crippen molar-refractivity contribution in [1.82, 2.24) is 36.2 Å².